The molecule has 0 amide bonds. The van der Waals surface area contributed by atoms with Crippen molar-refractivity contribution in [3.8, 4) is 0 Å². The van der Waals surface area contributed by atoms with Gasteiger partial charge in [0, 0.05) is 12.1 Å². The second-order valence-electron chi connectivity index (χ2n) is 7.94. The Labute approximate surface area is 118 Å². The van der Waals surface area contributed by atoms with Crippen LogP contribution in [0.2, 0.25) is 0 Å². The molecule has 4 aliphatic carbocycles. The van der Waals surface area contributed by atoms with E-state index >= 15 is 0 Å². The van der Waals surface area contributed by atoms with Gasteiger partial charge in [0.2, 0.25) is 0 Å². The molecular weight excluding hydrogens is 277 g/mol. The van der Waals surface area contributed by atoms with Crippen molar-refractivity contribution in [2.24, 2.45) is 17.8 Å². The Morgan fingerprint density at radius 3 is 2.20 bits per heavy atom. The first-order valence-corrected chi connectivity index (χ1v) is 9.53. The highest BCUT2D eigenvalue weighted by atomic mass is 31.2. The predicted molar refractivity (Wildman–Crippen MR) is 69.6 cm³/mol. The van der Waals surface area contributed by atoms with E-state index in [-0.39, 0.29) is 11.6 Å². The molecule has 4 heterocycles. The van der Waals surface area contributed by atoms with Gasteiger partial charge < -0.3 is 0 Å². The van der Waals surface area contributed by atoms with Crippen LogP contribution in [0.1, 0.15) is 44.9 Å². The van der Waals surface area contributed by atoms with Crippen molar-refractivity contribution >= 4 is 7.82 Å². The van der Waals surface area contributed by atoms with E-state index in [1.165, 1.54) is 38.5 Å². The van der Waals surface area contributed by atoms with Crippen LogP contribution in [0.15, 0.2) is 0 Å². The molecule has 4 aliphatic heterocycles. The molecule has 4 saturated heterocycles. The van der Waals surface area contributed by atoms with E-state index in [1.54, 1.807) is 0 Å². The first-order valence-electron chi connectivity index (χ1n) is 8.07. The monoisotopic (exact) mass is 297 g/mol. The van der Waals surface area contributed by atoms with Crippen molar-refractivity contribution in [2.45, 2.75) is 62.5 Å². The summed E-state index contributed by atoms with van der Waals surface area (Å²) in [5, 5.41) is 0. The lowest BCUT2D eigenvalue weighted by atomic mass is 9.52. The maximum atomic E-state index is 12.0. The molecule has 110 valence electrons. The van der Waals surface area contributed by atoms with Crippen molar-refractivity contribution < 1.29 is 18.1 Å². The molecule has 8 aliphatic rings. The van der Waals surface area contributed by atoms with Gasteiger partial charge in [-0.1, -0.05) is 0 Å². The minimum absolute atomic E-state index is 0.124. The molecule has 1 unspecified atom stereocenters. The van der Waals surface area contributed by atoms with E-state index in [2.05, 4.69) is 4.90 Å². The van der Waals surface area contributed by atoms with E-state index < -0.39 is 13.7 Å². The molecule has 0 aromatic carbocycles. The zero-order valence-electron chi connectivity index (χ0n) is 11.5. The quantitative estimate of drug-likeness (QED) is 0.697. The Bertz CT molecular complexity index is 504. The summed E-state index contributed by atoms with van der Waals surface area (Å²) in [5.74, 6) is 1.91. The second kappa shape index (κ2) is 3.21. The van der Waals surface area contributed by atoms with E-state index in [1.807, 2.05) is 0 Å². The maximum absolute atomic E-state index is 12.0. The Kier molecular flexibility index (Phi) is 1.86. The lowest BCUT2D eigenvalue weighted by molar-refractivity contribution is -0.298. The highest BCUT2D eigenvalue weighted by Gasteiger charge is 2.79. The normalized spacial score (nSPS) is 66.4. The Morgan fingerprint density at radius 2 is 1.60 bits per heavy atom. The van der Waals surface area contributed by atoms with E-state index in [4.69, 9.17) is 13.6 Å². The van der Waals surface area contributed by atoms with Crippen LogP contribution in [-0.4, -0.2) is 29.0 Å². The van der Waals surface area contributed by atoms with Crippen molar-refractivity contribution in [3.05, 3.63) is 0 Å². The van der Waals surface area contributed by atoms with Crippen molar-refractivity contribution in [2.75, 3.05) is 6.54 Å². The van der Waals surface area contributed by atoms with Crippen molar-refractivity contribution in [3.63, 3.8) is 0 Å². The van der Waals surface area contributed by atoms with Gasteiger partial charge in [-0.25, -0.2) is 18.5 Å². The molecule has 8 rings (SSSR count). The summed E-state index contributed by atoms with van der Waals surface area (Å²) in [6, 6.07) is 0. The summed E-state index contributed by atoms with van der Waals surface area (Å²) in [5.41, 5.74) is 0.239. The average molecular weight is 297 g/mol. The van der Waals surface area contributed by atoms with Gasteiger partial charge in [0.25, 0.3) is 5.91 Å². The molecule has 20 heavy (non-hydrogen) atoms. The summed E-state index contributed by atoms with van der Waals surface area (Å²) in [6.45, 7) is 0.969. The highest BCUT2D eigenvalue weighted by Crippen LogP contribution is 2.78. The van der Waals surface area contributed by atoms with Crippen LogP contribution < -0.4 is 0 Å². The van der Waals surface area contributed by atoms with Crippen LogP contribution in [0.25, 0.3) is 0 Å². The SMILES string of the molecule is O=P12OC3CCN(C45CC6CC(CC(C6)C4)C5)C3(O1)O2. The summed E-state index contributed by atoms with van der Waals surface area (Å²) in [4.78, 5) is 2.43. The Hall–Kier alpha value is 0.0700. The minimum atomic E-state index is -3.16. The van der Waals surface area contributed by atoms with Crippen LogP contribution >= 0.6 is 7.82 Å². The molecule has 0 N–H and O–H groups in total. The first kappa shape index (κ1) is 11.6. The molecule has 0 aromatic rings. The third-order valence-electron chi connectivity index (χ3n) is 6.72. The van der Waals surface area contributed by atoms with Gasteiger partial charge in [0.05, 0.1) is 0 Å². The summed E-state index contributed by atoms with van der Waals surface area (Å²) < 4.78 is 28.8. The van der Waals surface area contributed by atoms with E-state index in [0.717, 1.165) is 30.7 Å². The minimum Gasteiger partial charge on any atom is -0.276 e. The number of phosphoric ester groups is 1. The number of hydrogen-bond acceptors (Lipinski definition) is 5. The third-order valence-corrected chi connectivity index (χ3v) is 8.20. The molecule has 6 heteroatoms. The fourth-order valence-corrected chi connectivity index (χ4v) is 8.31. The second-order valence-corrected chi connectivity index (χ2v) is 9.41. The van der Waals surface area contributed by atoms with Gasteiger partial charge in [0.1, 0.15) is 6.10 Å². The molecule has 4 saturated carbocycles. The van der Waals surface area contributed by atoms with Crippen LogP contribution in [0.3, 0.4) is 0 Å². The summed E-state index contributed by atoms with van der Waals surface area (Å²) in [6.07, 6.45) is 8.91. The Balaban J connectivity index is 1.41. The van der Waals surface area contributed by atoms with Crippen LogP contribution in [0.4, 0.5) is 0 Å². The lowest BCUT2D eigenvalue weighted by Crippen LogP contribution is -2.67. The standard InChI is InChI=1S/C14H20NO4P/c16-20-17-12-1-2-15(14(12,18-20)19-20)13-6-9-3-10(7-13)5-11(4-9)8-13/h9-12H,1-8H2. The van der Waals surface area contributed by atoms with Gasteiger partial charge >= 0.3 is 7.82 Å². The van der Waals surface area contributed by atoms with Crippen LogP contribution in [0, 0.1) is 17.8 Å². The summed E-state index contributed by atoms with van der Waals surface area (Å²) in [7, 11) is -3.16. The number of nitrogens with zero attached hydrogens (tertiary/aromatic N) is 1. The molecule has 0 radical (unpaired) electrons. The van der Waals surface area contributed by atoms with Crippen LogP contribution in [-0.2, 0) is 18.1 Å². The number of hydrogen-bond donors (Lipinski definition) is 0. The molecule has 6 bridgehead atoms. The average Bonchev–Trinajstić information content (AvgIpc) is 2.86. The predicted octanol–water partition coefficient (Wildman–Crippen LogP) is 2.87. The van der Waals surface area contributed by atoms with Gasteiger partial charge in [-0.05, 0) is 62.7 Å². The molecule has 5 nitrogen and oxygen atoms in total. The third kappa shape index (κ3) is 1.17. The van der Waals surface area contributed by atoms with Gasteiger partial charge in [-0.15, -0.1) is 0 Å². The zero-order chi connectivity index (χ0) is 13.2. The fourth-order valence-electron chi connectivity index (χ4n) is 6.58. The zero-order valence-corrected chi connectivity index (χ0v) is 12.4. The molecular formula is C14H20NO4P. The first-order chi connectivity index (χ1) is 9.59. The topological polar surface area (TPSA) is 48.0 Å². The van der Waals surface area contributed by atoms with Gasteiger partial charge in [-0.3, -0.25) is 4.52 Å². The van der Waals surface area contributed by atoms with E-state index in [0.29, 0.717) is 0 Å². The van der Waals surface area contributed by atoms with Crippen molar-refractivity contribution in [1.29, 1.82) is 0 Å². The number of likely N-dealkylation sites (tertiary alicyclic amines) is 1. The van der Waals surface area contributed by atoms with Gasteiger partial charge in [0.15, 0.2) is 0 Å². The van der Waals surface area contributed by atoms with Crippen molar-refractivity contribution in [1.82, 2.24) is 4.90 Å². The molecule has 0 aromatic heterocycles. The highest BCUT2D eigenvalue weighted by molar-refractivity contribution is 7.50. The summed E-state index contributed by atoms with van der Waals surface area (Å²) >= 11 is 0. The van der Waals surface area contributed by atoms with E-state index in [9.17, 15) is 4.57 Å². The maximum Gasteiger partial charge on any atom is 0.482 e. The fraction of sp³-hybridized carbons (Fsp3) is 1.00. The molecule has 1 atom stereocenters. The lowest BCUT2D eigenvalue weighted by Gasteiger charge is -2.62. The largest absolute Gasteiger partial charge is 0.482 e. The Morgan fingerprint density at radius 1 is 1.00 bits per heavy atom. The van der Waals surface area contributed by atoms with Crippen LogP contribution in [0.5, 0.6) is 0 Å². The van der Waals surface area contributed by atoms with Gasteiger partial charge in [-0.2, -0.15) is 0 Å². The number of rotatable bonds is 1. The molecule has 8 fully saturated rings. The molecule has 1 spiro atoms. The smallest absolute Gasteiger partial charge is 0.276 e. The number of phosphoric acid groups is 1.